The fraction of sp³-hybridized carbons (Fsp3) is 0.0698. The lowest BCUT2D eigenvalue weighted by Gasteiger charge is -2.42. The van der Waals surface area contributed by atoms with E-state index < -0.39 is 7.14 Å². The van der Waals surface area contributed by atoms with E-state index in [1.165, 1.54) is 37.8 Å². The van der Waals surface area contributed by atoms with Crippen molar-refractivity contribution >= 4 is 51.5 Å². The van der Waals surface area contributed by atoms with Crippen LogP contribution >= 0.6 is 18.5 Å². The van der Waals surface area contributed by atoms with Crippen LogP contribution in [0.3, 0.4) is 0 Å². The van der Waals surface area contributed by atoms with Crippen molar-refractivity contribution in [2.45, 2.75) is 19.3 Å². The summed E-state index contributed by atoms with van der Waals surface area (Å²) in [4.78, 5) is 4.81. The van der Waals surface area contributed by atoms with Crippen LogP contribution in [0, 0.1) is 0 Å². The van der Waals surface area contributed by atoms with Crippen LogP contribution in [-0.2, 0) is 9.98 Å². The second-order valence-corrected chi connectivity index (χ2v) is 16.4. The Labute approximate surface area is 281 Å². The van der Waals surface area contributed by atoms with Gasteiger partial charge in [0, 0.05) is 36.8 Å². The van der Waals surface area contributed by atoms with E-state index in [0.717, 1.165) is 27.2 Å². The summed E-state index contributed by atoms with van der Waals surface area (Å²) >= 11 is 1.80. The molecule has 2 nitrogen and oxygen atoms in total. The summed E-state index contributed by atoms with van der Waals surface area (Å²) in [5.41, 5.74) is 8.44. The minimum atomic E-state index is -3.01. The molecule has 1 aliphatic heterocycles. The maximum Gasteiger partial charge on any atom is 0.171 e. The number of thiophene rings is 1. The Morgan fingerprint density at radius 2 is 0.979 bits per heavy atom. The van der Waals surface area contributed by atoms with Crippen molar-refractivity contribution in [3.05, 3.63) is 181 Å². The zero-order chi connectivity index (χ0) is 32.0. The van der Waals surface area contributed by atoms with Gasteiger partial charge in [-0.05, 0) is 64.7 Å². The molecule has 0 amide bonds. The zero-order valence-electron chi connectivity index (χ0n) is 26.4. The number of fused-ring (bicyclic) bond motifs is 2. The van der Waals surface area contributed by atoms with Gasteiger partial charge in [-0.2, -0.15) is 0 Å². The van der Waals surface area contributed by atoms with E-state index >= 15 is 0 Å². The van der Waals surface area contributed by atoms with Gasteiger partial charge in [-0.1, -0.05) is 141 Å². The van der Waals surface area contributed by atoms with Crippen LogP contribution in [-0.4, -0.2) is 0 Å². The van der Waals surface area contributed by atoms with E-state index in [-0.39, 0.29) is 5.41 Å². The number of para-hydroxylation sites is 2. The Morgan fingerprint density at radius 3 is 1.62 bits per heavy atom. The molecule has 0 saturated heterocycles. The molecule has 6 aromatic carbocycles. The highest BCUT2D eigenvalue weighted by atomic mass is 32.1. The molecule has 1 aromatic heterocycles. The minimum absolute atomic E-state index is 0.158. The molecule has 0 bridgehead atoms. The maximum atomic E-state index is 14.8. The Balaban J connectivity index is 1.15. The number of anilines is 3. The van der Waals surface area contributed by atoms with Gasteiger partial charge in [0.2, 0.25) is 0 Å². The zero-order valence-corrected chi connectivity index (χ0v) is 28.1. The molecule has 8 rings (SSSR count). The first-order chi connectivity index (χ1) is 22.9. The van der Waals surface area contributed by atoms with E-state index in [2.05, 4.69) is 116 Å². The molecule has 0 saturated carbocycles. The summed E-state index contributed by atoms with van der Waals surface area (Å²) in [5, 5.41) is 2.54. The van der Waals surface area contributed by atoms with Crippen molar-refractivity contribution in [3.8, 4) is 20.9 Å². The second-order valence-electron chi connectivity index (χ2n) is 12.5. The van der Waals surface area contributed by atoms with Crippen LogP contribution < -0.4 is 20.8 Å². The highest BCUT2D eigenvalue weighted by molar-refractivity contribution is 7.85. The lowest BCUT2D eigenvalue weighted by atomic mass is 9.73. The van der Waals surface area contributed by atoms with Crippen molar-refractivity contribution in [2.75, 3.05) is 4.90 Å². The van der Waals surface area contributed by atoms with E-state index in [4.69, 9.17) is 0 Å². The van der Waals surface area contributed by atoms with E-state index in [1.54, 1.807) is 11.3 Å². The molecule has 0 radical (unpaired) electrons. The van der Waals surface area contributed by atoms with Gasteiger partial charge in [-0.3, -0.25) is 0 Å². The lowest BCUT2D eigenvalue weighted by molar-refractivity contribution is 0.592. The first-order valence-electron chi connectivity index (χ1n) is 16.0. The predicted molar refractivity (Wildman–Crippen MR) is 201 cm³/mol. The average molecular weight is 644 g/mol. The summed E-state index contributed by atoms with van der Waals surface area (Å²) < 4.78 is 14.8. The fourth-order valence-corrected chi connectivity index (χ4v) is 10.6. The van der Waals surface area contributed by atoms with Crippen LogP contribution in [0.25, 0.3) is 20.9 Å². The third-order valence-corrected chi connectivity index (χ3v) is 13.6. The molecule has 2 heterocycles. The van der Waals surface area contributed by atoms with Crippen LogP contribution in [0.15, 0.2) is 170 Å². The third-order valence-electron chi connectivity index (χ3n) is 9.39. The minimum Gasteiger partial charge on any atom is -0.310 e. The Bertz CT molecular complexity index is 2200. The highest BCUT2D eigenvalue weighted by Gasteiger charge is 2.37. The summed E-state index contributed by atoms with van der Waals surface area (Å²) in [6.07, 6.45) is 0. The van der Waals surface area contributed by atoms with Gasteiger partial charge >= 0.3 is 0 Å². The molecule has 0 spiro atoms. The van der Waals surface area contributed by atoms with Crippen molar-refractivity contribution in [1.29, 1.82) is 0 Å². The van der Waals surface area contributed by atoms with Gasteiger partial charge in [0.1, 0.15) is 0 Å². The van der Waals surface area contributed by atoms with Gasteiger partial charge in [-0.15, -0.1) is 11.3 Å². The van der Waals surface area contributed by atoms with E-state index in [1.807, 2.05) is 72.8 Å². The number of nitrogens with zero attached hydrogens (tertiary/aromatic N) is 1. The number of hydrogen-bond donors (Lipinski definition) is 0. The number of hydrogen-bond acceptors (Lipinski definition) is 3. The summed E-state index contributed by atoms with van der Waals surface area (Å²) in [6, 6.07) is 58.8. The van der Waals surface area contributed by atoms with Crippen LogP contribution in [0.2, 0.25) is 0 Å². The molecule has 1 aliphatic rings. The van der Waals surface area contributed by atoms with Crippen LogP contribution in [0.4, 0.5) is 17.1 Å². The van der Waals surface area contributed by atoms with Crippen molar-refractivity contribution in [1.82, 2.24) is 0 Å². The Morgan fingerprint density at radius 1 is 0.489 bits per heavy atom. The van der Waals surface area contributed by atoms with E-state index in [9.17, 15) is 4.57 Å². The molecule has 228 valence electrons. The molecule has 0 aliphatic carbocycles. The van der Waals surface area contributed by atoms with Gasteiger partial charge in [0.25, 0.3) is 0 Å². The molecule has 47 heavy (non-hydrogen) atoms. The van der Waals surface area contributed by atoms with Crippen molar-refractivity contribution in [2.24, 2.45) is 0 Å². The monoisotopic (exact) mass is 643 g/mol. The fourth-order valence-electron chi connectivity index (χ4n) is 6.92. The smallest absolute Gasteiger partial charge is 0.171 e. The molecule has 0 atom stereocenters. The second kappa shape index (κ2) is 11.7. The van der Waals surface area contributed by atoms with Gasteiger partial charge in [-0.25, -0.2) is 0 Å². The lowest BCUT2D eigenvalue weighted by Crippen LogP contribution is -2.30. The predicted octanol–water partition coefficient (Wildman–Crippen LogP) is 10.8. The largest absolute Gasteiger partial charge is 0.310 e. The summed E-state index contributed by atoms with van der Waals surface area (Å²) in [5.74, 6) is 0. The van der Waals surface area contributed by atoms with E-state index in [0.29, 0.717) is 0 Å². The van der Waals surface area contributed by atoms with Crippen LogP contribution in [0.5, 0.6) is 0 Å². The topological polar surface area (TPSA) is 20.3 Å². The average Bonchev–Trinajstić information content (AvgIpc) is 3.63. The standard InChI is InChI=1S/C43H34NOPS/c1-43(2)37-20-12-13-21-39(37)44(33-14-6-3-7-15-33)40-27-24-32(30-38(40)43)42-29-28-41(47-42)31-22-25-36(26-23-31)46(45,34-16-8-4-9-17-34)35-18-10-5-11-19-35/h3-30H,1-2H3. The maximum absolute atomic E-state index is 14.8. The third kappa shape index (κ3) is 4.99. The van der Waals surface area contributed by atoms with Crippen molar-refractivity contribution < 1.29 is 4.57 Å². The molecular weight excluding hydrogens is 610 g/mol. The Hall–Kier alpha value is -4.95. The molecule has 7 aromatic rings. The molecule has 0 fully saturated rings. The summed E-state index contributed by atoms with van der Waals surface area (Å²) in [6.45, 7) is 4.67. The van der Waals surface area contributed by atoms with Gasteiger partial charge < -0.3 is 9.46 Å². The van der Waals surface area contributed by atoms with Crippen molar-refractivity contribution in [3.63, 3.8) is 0 Å². The van der Waals surface area contributed by atoms with Gasteiger partial charge in [0.05, 0.1) is 11.4 Å². The highest BCUT2D eigenvalue weighted by Crippen LogP contribution is 2.53. The quantitative estimate of drug-likeness (QED) is 0.168. The molecule has 0 unspecified atom stereocenters. The summed E-state index contributed by atoms with van der Waals surface area (Å²) in [7, 11) is -3.01. The number of benzene rings is 6. The number of rotatable bonds is 6. The molecule has 4 heteroatoms. The normalized spacial score (nSPS) is 13.5. The first-order valence-corrected chi connectivity index (χ1v) is 18.5. The molecular formula is C43H34NOPS. The Kier molecular flexibility index (Phi) is 7.33. The molecule has 0 N–H and O–H groups in total. The van der Waals surface area contributed by atoms with Crippen LogP contribution in [0.1, 0.15) is 25.0 Å². The SMILES string of the molecule is CC1(C)c2ccccc2N(c2ccccc2)c2ccc(-c3ccc(-c4ccc(P(=O)(c5ccccc5)c5ccccc5)cc4)s3)cc21. The van der Waals surface area contributed by atoms with Gasteiger partial charge in [0.15, 0.2) is 7.14 Å². The first kappa shape index (κ1) is 29.5.